The largest absolute Gasteiger partial charge is 0.494 e. The lowest BCUT2D eigenvalue weighted by molar-refractivity contribution is 0.0105. The maximum Gasteiger partial charge on any atom is 0.119 e. The minimum Gasteiger partial charge on any atom is -0.494 e. The van der Waals surface area contributed by atoms with Gasteiger partial charge in [-0.2, -0.15) is 0 Å². The number of hydrogen-bond acceptors (Lipinski definition) is 4. The van der Waals surface area contributed by atoms with Crippen LogP contribution in [0.15, 0.2) is 24.3 Å². The predicted octanol–water partition coefficient (Wildman–Crippen LogP) is 1.81. The van der Waals surface area contributed by atoms with Crippen molar-refractivity contribution in [2.45, 2.75) is 19.9 Å². The van der Waals surface area contributed by atoms with Crippen LogP contribution >= 0.6 is 0 Å². The van der Waals surface area contributed by atoms with Gasteiger partial charge in [-0.3, -0.25) is 5.43 Å². The van der Waals surface area contributed by atoms with E-state index in [4.69, 9.17) is 9.47 Å². The first-order chi connectivity index (χ1) is 8.88. The molecule has 4 nitrogen and oxygen atoms in total. The van der Waals surface area contributed by atoms with Crippen LogP contribution in [0.4, 0.5) is 0 Å². The van der Waals surface area contributed by atoms with Crippen molar-refractivity contribution >= 4 is 0 Å². The SMILES string of the molecule is CCCOc1cccc(CNN2CCOCC2)c1. The number of hydrazine groups is 1. The van der Waals surface area contributed by atoms with Gasteiger partial charge in [-0.15, -0.1) is 0 Å². The molecule has 100 valence electrons. The molecule has 2 rings (SSSR count). The summed E-state index contributed by atoms with van der Waals surface area (Å²) in [7, 11) is 0. The Bertz CT molecular complexity index is 351. The lowest BCUT2D eigenvalue weighted by Gasteiger charge is -2.27. The average molecular weight is 250 g/mol. The summed E-state index contributed by atoms with van der Waals surface area (Å²) in [6, 6.07) is 8.27. The van der Waals surface area contributed by atoms with Crippen molar-refractivity contribution in [1.82, 2.24) is 10.4 Å². The molecule has 1 N–H and O–H groups in total. The van der Waals surface area contributed by atoms with E-state index in [9.17, 15) is 0 Å². The second kappa shape index (κ2) is 7.36. The van der Waals surface area contributed by atoms with Gasteiger partial charge in [0.1, 0.15) is 5.75 Å². The molecule has 1 heterocycles. The van der Waals surface area contributed by atoms with Crippen molar-refractivity contribution in [3.63, 3.8) is 0 Å². The van der Waals surface area contributed by atoms with Gasteiger partial charge in [0.2, 0.25) is 0 Å². The Morgan fingerprint density at radius 3 is 2.94 bits per heavy atom. The van der Waals surface area contributed by atoms with Gasteiger partial charge < -0.3 is 9.47 Å². The molecule has 0 amide bonds. The van der Waals surface area contributed by atoms with E-state index in [1.807, 2.05) is 12.1 Å². The molecule has 1 aromatic carbocycles. The molecule has 0 unspecified atom stereocenters. The molecular weight excluding hydrogens is 228 g/mol. The number of rotatable bonds is 6. The Morgan fingerprint density at radius 2 is 2.17 bits per heavy atom. The van der Waals surface area contributed by atoms with Gasteiger partial charge in [0.15, 0.2) is 0 Å². The van der Waals surface area contributed by atoms with Crippen LogP contribution in [-0.4, -0.2) is 37.9 Å². The number of morpholine rings is 1. The zero-order chi connectivity index (χ0) is 12.6. The molecule has 0 spiro atoms. The van der Waals surface area contributed by atoms with Crippen LogP contribution in [0.3, 0.4) is 0 Å². The smallest absolute Gasteiger partial charge is 0.119 e. The Kier molecular flexibility index (Phi) is 5.45. The van der Waals surface area contributed by atoms with E-state index < -0.39 is 0 Å². The van der Waals surface area contributed by atoms with Crippen molar-refractivity contribution in [3.05, 3.63) is 29.8 Å². The fourth-order valence-electron chi connectivity index (χ4n) is 1.89. The lowest BCUT2D eigenvalue weighted by atomic mass is 10.2. The second-order valence-electron chi connectivity index (χ2n) is 4.43. The van der Waals surface area contributed by atoms with E-state index in [-0.39, 0.29) is 0 Å². The monoisotopic (exact) mass is 250 g/mol. The Morgan fingerprint density at radius 1 is 1.33 bits per heavy atom. The minimum absolute atomic E-state index is 0.778. The van der Waals surface area contributed by atoms with Gasteiger partial charge in [0.05, 0.1) is 19.8 Å². The van der Waals surface area contributed by atoms with Crippen molar-refractivity contribution in [2.24, 2.45) is 0 Å². The molecule has 0 saturated carbocycles. The number of ether oxygens (including phenoxy) is 2. The third kappa shape index (κ3) is 4.29. The molecular formula is C14H22N2O2. The highest BCUT2D eigenvalue weighted by Crippen LogP contribution is 2.13. The minimum atomic E-state index is 0.778. The number of nitrogens with zero attached hydrogens (tertiary/aromatic N) is 1. The molecule has 0 radical (unpaired) electrons. The molecule has 18 heavy (non-hydrogen) atoms. The van der Waals surface area contributed by atoms with Crippen LogP contribution in [-0.2, 0) is 11.3 Å². The van der Waals surface area contributed by atoms with Crippen molar-refractivity contribution in [1.29, 1.82) is 0 Å². The fourth-order valence-corrected chi connectivity index (χ4v) is 1.89. The van der Waals surface area contributed by atoms with Crippen LogP contribution in [0.1, 0.15) is 18.9 Å². The van der Waals surface area contributed by atoms with Gasteiger partial charge in [-0.25, -0.2) is 5.01 Å². The zero-order valence-electron chi connectivity index (χ0n) is 11.0. The Hall–Kier alpha value is -1.10. The zero-order valence-corrected chi connectivity index (χ0v) is 11.0. The predicted molar refractivity (Wildman–Crippen MR) is 71.5 cm³/mol. The van der Waals surface area contributed by atoms with E-state index in [0.717, 1.165) is 51.6 Å². The first-order valence-electron chi connectivity index (χ1n) is 6.66. The molecule has 4 heteroatoms. The number of hydrogen-bond donors (Lipinski definition) is 1. The molecule has 0 aliphatic carbocycles. The van der Waals surface area contributed by atoms with Crippen LogP contribution in [0.5, 0.6) is 5.75 Å². The lowest BCUT2D eigenvalue weighted by Crippen LogP contribution is -2.45. The maximum absolute atomic E-state index is 5.63. The van der Waals surface area contributed by atoms with E-state index >= 15 is 0 Å². The summed E-state index contributed by atoms with van der Waals surface area (Å²) in [6.45, 7) is 7.25. The van der Waals surface area contributed by atoms with Crippen LogP contribution in [0.2, 0.25) is 0 Å². The highest BCUT2D eigenvalue weighted by molar-refractivity contribution is 5.28. The summed E-state index contributed by atoms with van der Waals surface area (Å²) >= 11 is 0. The van der Waals surface area contributed by atoms with Crippen LogP contribution in [0.25, 0.3) is 0 Å². The summed E-state index contributed by atoms with van der Waals surface area (Å²) in [5.74, 6) is 0.957. The molecule has 1 aliphatic rings. The van der Waals surface area contributed by atoms with E-state index in [2.05, 4.69) is 29.5 Å². The normalized spacial score (nSPS) is 16.7. The van der Waals surface area contributed by atoms with Gasteiger partial charge in [0.25, 0.3) is 0 Å². The second-order valence-corrected chi connectivity index (χ2v) is 4.43. The summed E-state index contributed by atoms with van der Waals surface area (Å²) in [6.07, 6.45) is 1.04. The van der Waals surface area contributed by atoms with Gasteiger partial charge in [0, 0.05) is 19.6 Å². The van der Waals surface area contributed by atoms with Crippen molar-refractivity contribution < 1.29 is 9.47 Å². The fraction of sp³-hybridized carbons (Fsp3) is 0.571. The van der Waals surface area contributed by atoms with Crippen molar-refractivity contribution in [2.75, 3.05) is 32.9 Å². The molecule has 0 atom stereocenters. The molecule has 0 aromatic heterocycles. The van der Waals surface area contributed by atoms with Gasteiger partial charge in [-0.1, -0.05) is 19.1 Å². The Labute approximate surface area is 109 Å². The molecule has 0 bridgehead atoms. The van der Waals surface area contributed by atoms with E-state index in [1.165, 1.54) is 5.56 Å². The third-order valence-corrected chi connectivity index (χ3v) is 2.89. The van der Waals surface area contributed by atoms with Crippen molar-refractivity contribution in [3.8, 4) is 5.75 Å². The van der Waals surface area contributed by atoms with E-state index in [0.29, 0.717) is 0 Å². The van der Waals surface area contributed by atoms with Crippen LogP contribution < -0.4 is 10.2 Å². The number of benzene rings is 1. The summed E-state index contributed by atoms with van der Waals surface area (Å²) in [5, 5.41) is 2.21. The van der Waals surface area contributed by atoms with E-state index in [1.54, 1.807) is 0 Å². The maximum atomic E-state index is 5.63. The summed E-state index contributed by atoms with van der Waals surface area (Å²) in [5.41, 5.74) is 4.66. The highest BCUT2D eigenvalue weighted by Gasteiger charge is 2.09. The quantitative estimate of drug-likeness (QED) is 0.835. The third-order valence-electron chi connectivity index (χ3n) is 2.89. The molecule has 1 aliphatic heterocycles. The first kappa shape index (κ1) is 13.3. The van der Waals surface area contributed by atoms with Crippen LogP contribution in [0, 0.1) is 0 Å². The summed E-state index contributed by atoms with van der Waals surface area (Å²) in [4.78, 5) is 0. The van der Waals surface area contributed by atoms with Gasteiger partial charge in [-0.05, 0) is 24.1 Å². The first-order valence-corrected chi connectivity index (χ1v) is 6.66. The molecule has 1 aromatic rings. The average Bonchev–Trinajstić information content (AvgIpc) is 2.44. The topological polar surface area (TPSA) is 33.7 Å². The number of nitrogens with one attached hydrogen (secondary N) is 1. The Balaban J connectivity index is 1.80. The summed E-state index contributed by atoms with van der Waals surface area (Å²) < 4.78 is 10.9. The molecule has 1 fully saturated rings. The standard InChI is InChI=1S/C14H22N2O2/c1-2-8-18-14-5-3-4-13(11-14)12-15-16-6-9-17-10-7-16/h3-5,11,15H,2,6-10,12H2,1H3. The molecule has 1 saturated heterocycles. The van der Waals surface area contributed by atoms with Gasteiger partial charge >= 0.3 is 0 Å². The highest BCUT2D eigenvalue weighted by atomic mass is 16.5.